The average Bonchev–Trinajstić information content (AvgIpc) is 3.07. The molecule has 2 aromatic carbocycles. The van der Waals surface area contributed by atoms with Crippen molar-refractivity contribution < 1.29 is 9.53 Å². The summed E-state index contributed by atoms with van der Waals surface area (Å²) in [4.78, 5) is 12.7. The summed E-state index contributed by atoms with van der Waals surface area (Å²) in [7, 11) is 0. The highest BCUT2D eigenvalue weighted by Crippen LogP contribution is 2.28. The number of aromatic nitrogens is 3. The van der Waals surface area contributed by atoms with Gasteiger partial charge >= 0.3 is 0 Å². The van der Waals surface area contributed by atoms with Gasteiger partial charge in [0.1, 0.15) is 12.2 Å². The van der Waals surface area contributed by atoms with Gasteiger partial charge in [0.25, 0.3) is 5.91 Å². The van der Waals surface area contributed by atoms with Crippen LogP contribution in [0.2, 0.25) is 0 Å². The summed E-state index contributed by atoms with van der Waals surface area (Å²) in [6.07, 6.45) is 1.91. The molecule has 0 saturated carbocycles. The van der Waals surface area contributed by atoms with Crippen molar-refractivity contribution in [3.8, 4) is 5.69 Å². The number of nitrogens with one attached hydrogen (secondary N) is 1. The van der Waals surface area contributed by atoms with Crippen LogP contribution in [0.5, 0.6) is 0 Å². The van der Waals surface area contributed by atoms with Gasteiger partial charge in [-0.3, -0.25) is 9.36 Å². The number of hydrogen-bond donors (Lipinski definition) is 1. The molecule has 1 aromatic heterocycles. The van der Waals surface area contributed by atoms with E-state index in [1.165, 1.54) is 5.56 Å². The first-order chi connectivity index (χ1) is 12.2. The predicted molar refractivity (Wildman–Crippen MR) is 93.6 cm³/mol. The van der Waals surface area contributed by atoms with Gasteiger partial charge in [0, 0.05) is 5.69 Å². The Labute approximate surface area is 145 Å². The van der Waals surface area contributed by atoms with Gasteiger partial charge in [0.2, 0.25) is 0 Å². The van der Waals surface area contributed by atoms with E-state index in [1.54, 1.807) is 6.33 Å². The van der Waals surface area contributed by atoms with Crippen molar-refractivity contribution in [3.63, 3.8) is 0 Å². The quantitative estimate of drug-likeness (QED) is 0.800. The molecule has 2 heterocycles. The van der Waals surface area contributed by atoms with Crippen molar-refractivity contribution in [1.82, 2.24) is 14.8 Å². The van der Waals surface area contributed by atoms with Crippen molar-refractivity contribution in [1.29, 1.82) is 0 Å². The molecule has 0 saturated heterocycles. The van der Waals surface area contributed by atoms with Crippen LogP contribution in [-0.4, -0.2) is 27.3 Å². The molecule has 0 spiro atoms. The number of aryl methyl sites for hydroxylation is 1. The molecule has 1 unspecified atom stereocenters. The molecule has 0 aliphatic carbocycles. The van der Waals surface area contributed by atoms with Gasteiger partial charge < -0.3 is 10.1 Å². The lowest BCUT2D eigenvalue weighted by molar-refractivity contribution is -0.128. The number of ether oxygens (including phenoxy) is 1. The van der Waals surface area contributed by atoms with Gasteiger partial charge in [0.05, 0.1) is 12.3 Å². The Hall–Kier alpha value is -2.99. The normalized spacial score (nSPS) is 16.3. The first-order valence-electron chi connectivity index (χ1n) is 8.20. The van der Waals surface area contributed by atoms with Gasteiger partial charge in [-0.05, 0) is 42.7 Å². The molecule has 1 atom stereocenters. The minimum Gasteiger partial charge on any atom is -0.363 e. The molecule has 1 aliphatic heterocycles. The van der Waals surface area contributed by atoms with Gasteiger partial charge in [-0.25, -0.2) is 0 Å². The Morgan fingerprint density at radius 1 is 1.24 bits per heavy atom. The SMILES string of the molecule is Cc1nncn1-c1cccc(NC(=O)C2OCCc3ccccc32)c1. The molecule has 4 rings (SSSR count). The Morgan fingerprint density at radius 2 is 2.12 bits per heavy atom. The van der Waals surface area contributed by atoms with E-state index in [0.29, 0.717) is 12.3 Å². The lowest BCUT2D eigenvalue weighted by Gasteiger charge is -2.25. The van der Waals surface area contributed by atoms with Crippen molar-refractivity contribution >= 4 is 11.6 Å². The Bertz CT molecular complexity index is 919. The van der Waals surface area contributed by atoms with Crippen LogP contribution in [0, 0.1) is 6.92 Å². The smallest absolute Gasteiger partial charge is 0.258 e. The first kappa shape index (κ1) is 15.5. The number of benzene rings is 2. The molecule has 1 N–H and O–H groups in total. The van der Waals surface area contributed by atoms with Crippen LogP contribution in [0.15, 0.2) is 54.9 Å². The fourth-order valence-corrected chi connectivity index (χ4v) is 3.10. The number of carbonyl (C=O) groups excluding carboxylic acids is 1. The third kappa shape index (κ3) is 3.04. The molecule has 1 aliphatic rings. The maximum atomic E-state index is 12.7. The van der Waals surface area contributed by atoms with E-state index in [-0.39, 0.29) is 5.91 Å². The topological polar surface area (TPSA) is 69.0 Å². The third-order valence-corrected chi connectivity index (χ3v) is 4.34. The highest BCUT2D eigenvalue weighted by atomic mass is 16.5. The summed E-state index contributed by atoms with van der Waals surface area (Å²) < 4.78 is 7.59. The molecule has 0 radical (unpaired) electrons. The molecule has 0 fully saturated rings. The van der Waals surface area contributed by atoms with E-state index in [9.17, 15) is 4.79 Å². The van der Waals surface area contributed by atoms with Gasteiger partial charge in [-0.15, -0.1) is 10.2 Å². The second-order valence-corrected chi connectivity index (χ2v) is 5.99. The number of amides is 1. The summed E-state index contributed by atoms with van der Waals surface area (Å²) in [5, 5.41) is 10.8. The van der Waals surface area contributed by atoms with Crippen LogP contribution in [0.25, 0.3) is 5.69 Å². The van der Waals surface area contributed by atoms with E-state index < -0.39 is 6.10 Å². The lowest BCUT2D eigenvalue weighted by Crippen LogP contribution is -2.28. The van der Waals surface area contributed by atoms with E-state index in [1.807, 2.05) is 60.0 Å². The summed E-state index contributed by atoms with van der Waals surface area (Å²) in [5.74, 6) is 0.623. The number of carbonyl (C=O) groups is 1. The average molecular weight is 334 g/mol. The van der Waals surface area contributed by atoms with Crippen LogP contribution in [0.3, 0.4) is 0 Å². The van der Waals surface area contributed by atoms with E-state index in [2.05, 4.69) is 15.5 Å². The number of rotatable bonds is 3. The van der Waals surface area contributed by atoms with Crippen LogP contribution in [0.1, 0.15) is 23.1 Å². The zero-order valence-corrected chi connectivity index (χ0v) is 13.8. The molecule has 6 heteroatoms. The van der Waals surface area contributed by atoms with Crippen LogP contribution < -0.4 is 5.32 Å². The monoisotopic (exact) mass is 334 g/mol. The Morgan fingerprint density at radius 3 is 2.96 bits per heavy atom. The lowest BCUT2D eigenvalue weighted by atomic mass is 9.97. The third-order valence-electron chi connectivity index (χ3n) is 4.34. The maximum absolute atomic E-state index is 12.7. The molecule has 25 heavy (non-hydrogen) atoms. The number of nitrogens with zero attached hydrogens (tertiary/aromatic N) is 3. The van der Waals surface area contributed by atoms with E-state index >= 15 is 0 Å². The van der Waals surface area contributed by atoms with Crippen molar-refractivity contribution in [2.24, 2.45) is 0 Å². The van der Waals surface area contributed by atoms with Crippen LogP contribution in [-0.2, 0) is 16.0 Å². The maximum Gasteiger partial charge on any atom is 0.258 e. The van der Waals surface area contributed by atoms with E-state index in [4.69, 9.17) is 4.74 Å². The summed E-state index contributed by atoms with van der Waals surface area (Å²) in [6.45, 7) is 2.43. The van der Waals surface area contributed by atoms with Crippen molar-refractivity contribution in [2.75, 3.05) is 11.9 Å². The standard InChI is InChI=1S/C19H18N4O2/c1-13-22-20-12-23(13)16-7-4-6-15(11-16)21-19(24)18-17-8-3-2-5-14(17)9-10-25-18/h2-8,11-12,18H,9-10H2,1H3,(H,21,24). The zero-order chi connectivity index (χ0) is 17.2. The molecular weight excluding hydrogens is 316 g/mol. The molecule has 1 amide bonds. The minimum atomic E-state index is -0.578. The van der Waals surface area contributed by atoms with Gasteiger partial charge in [-0.2, -0.15) is 0 Å². The van der Waals surface area contributed by atoms with Crippen molar-refractivity contribution in [2.45, 2.75) is 19.4 Å². The predicted octanol–water partition coefficient (Wildman–Crippen LogP) is 2.83. The Balaban J connectivity index is 1.57. The van der Waals surface area contributed by atoms with Crippen LogP contribution >= 0.6 is 0 Å². The van der Waals surface area contributed by atoms with Gasteiger partial charge in [0.15, 0.2) is 6.10 Å². The van der Waals surface area contributed by atoms with E-state index in [0.717, 1.165) is 23.5 Å². The number of anilines is 1. The molecular formula is C19H18N4O2. The fraction of sp³-hybridized carbons (Fsp3) is 0.211. The zero-order valence-electron chi connectivity index (χ0n) is 13.8. The second kappa shape index (κ2) is 6.49. The summed E-state index contributed by atoms with van der Waals surface area (Å²) in [6, 6.07) is 15.5. The summed E-state index contributed by atoms with van der Waals surface area (Å²) in [5.41, 5.74) is 3.72. The van der Waals surface area contributed by atoms with Gasteiger partial charge in [-0.1, -0.05) is 30.3 Å². The molecule has 6 nitrogen and oxygen atoms in total. The molecule has 0 bridgehead atoms. The van der Waals surface area contributed by atoms with Crippen LogP contribution in [0.4, 0.5) is 5.69 Å². The fourth-order valence-electron chi connectivity index (χ4n) is 3.10. The first-order valence-corrected chi connectivity index (χ1v) is 8.20. The summed E-state index contributed by atoms with van der Waals surface area (Å²) >= 11 is 0. The number of hydrogen-bond acceptors (Lipinski definition) is 4. The second-order valence-electron chi connectivity index (χ2n) is 5.99. The number of fused-ring (bicyclic) bond motifs is 1. The Kier molecular flexibility index (Phi) is 4.03. The highest BCUT2D eigenvalue weighted by Gasteiger charge is 2.27. The minimum absolute atomic E-state index is 0.162. The highest BCUT2D eigenvalue weighted by molar-refractivity contribution is 5.95. The van der Waals surface area contributed by atoms with Crippen molar-refractivity contribution in [3.05, 3.63) is 71.8 Å². The largest absolute Gasteiger partial charge is 0.363 e. The molecule has 3 aromatic rings. The molecule has 126 valence electrons.